The molecule has 0 aliphatic carbocycles. The van der Waals surface area contributed by atoms with E-state index in [1.54, 1.807) is 6.20 Å². The van der Waals surface area contributed by atoms with Crippen LogP contribution in [0.15, 0.2) is 41.3 Å². The van der Waals surface area contributed by atoms with E-state index in [2.05, 4.69) is 40.7 Å². The smallest absolute Gasteiger partial charge is 0.248 e. The minimum absolute atomic E-state index is 0.169. The molecule has 0 spiro atoms. The van der Waals surface area contributed by atoms with Gasteiger partial charge in [-0.2, -0.15) is 4.98 Å². The van der Waals surface area contributed by atoms with Crippen molar-refractivity contribution < 1.29 is 9.84 Å². The van der Waals surface area contributed by atoms with Gasteiger partial charge in [0.1, 0.15) is 17.5 Å². The molecular weight excluding hydrogens is 424 g/mol. The lowest BCUT2D eigenvalue weighted by atomic mass is 10.2. The van der Waals surface area contributed by atoms with Gasteiger partial charge in [0.2, 0.25) is 5.88 Å². The highest BCUT2D eigenvalue weighted by Gasteiger charge is 2.22. The van der Waals surface area contributed by atoms with Gasteiger partial charge in [-0.3, -0.25) is 9.88 Å². The molecule has 28 heavy (non-hydrogen) atoms. The molecule has 4 rings (SSSR count). The Balaban J connectivity index is 1.59. The minimum Gasteiger partial charge on any atom is -0.435 e. The summed E-state index contributed by atoms with van der Waals surface area (Å²) in [5.74, 6) is 1.57. The van der Waals surface area contributed by atoms with Crippen molar-refractivity contribution in [3.63, 3.8) is 0 Å². The molecule has 3 N–H and O–H groups in total. The van der Waals surface area contributed by atoms with Gasteiger partial charge in [-0.25, -0.2) is 4.98 Å². The molecule has 3 aromatic rings. The van der Waals surface area contributed by atoms with E-state index < -0.39 is 0 Å². The van der Waals surface area contributed by atoms with Crippen LogP contribution in [0.1, 0.15) is 0 Å². The lowest BCUT2D eigenvalue weighted by Gasteiger charge is -2.35. The number of hydrogen-bond acceptors (Lipinski definition) is 8. The lowest BCUT2D eigenvalue weighted by Crippen LogP contribution is -2.47. The number of benzene rings is 1. The number of piperazine rings is 1. The van der Waals surface area contributed by atoms with Crippen molar-refractivity contribution >= 4 is 38.3 Å². The van der Waals surface area contributed by atoms with Crippen LogP contribution in [0.2, 0.25) is 0 Å². The highest BCUT2D eigenvalue weighted by molar-refractivity contribution is 9.10. The van der Waals surface area contributed by atoms with Gasteiger partial charge >= 0.3 is 0 Å². The summed E-state index contributed by atoms with van der Waals surface area (Å²) in [6.45, 7) is 4.11. The van der Waals surface area contributed by atoms with Gasteiger partial charge < -0.3 is 20.5 Å². The maximum absolute atomic E-state index is 9.09. The van der Waals surface area contributed by atoms with E-state index in [0.717, 1.165) is 41.6 Å². The Labute approximate surface area is 171 Å². The molecule has 0 atom stereocenters. The molecule has 8 nitrogen and oxygen atoms in total. The fraction of sp³-hybridized carbons (Fsp3) is 0.316. The van der Waals surface area contributed by atoms with Crippen LogP contribution in [-0.4, -0.2) is 64.3 Å². The summed E-state index contributed by atoms with van der Waals surface area (Å²) < 4.78 is 6.98. The zero-order valence-corrected chi connectivity index (χ0v) is 16.8. The van der Waals surface area contributed by atoms with Crippen molar-refractivity contribution in [2.45, 2.75) is 0 Å². The first-order valence-corrected chi connectivity index (χ1v) is 9.86. The van der Waals surface area contributed by atoms with Crippen molar-refractivity contribution in [3.05, 3.63) is 41.3 Å². The van der Waals surface area contributed by atoms with Crippen molar-refractivity contribution in [1.82, 2.24) is 19.9 Å². The zero-order valence-electron chi connectivity index (χ0n) is 15.3. The molecule has 146 valence electrons. The zero-order chi connectivity index (χ0) is 19.5. The molecule has 1 fully saturated rings. The van der Waals surface area contributed by atoms with E-state index in [-0.39, 0.29) is 6.61 Å². The van der Waals surface area contributed by atoms with Crippen molar-refractivity contribution in [1.29, 1.82) is 0 Å². The Kier molecular flexibility index (Phi) is 5.56. The number of fused-ring (bicyclic) bond motifs is 1. The number of hydrogen-bond donors (Lipinski definition) is 2. The number of halogens is 1. The molecular formula is C19H21BrN6O2. The van der Waals surface area contributed by atoms with Crippen molar-refractivity contribution in [3.8, 4) is 11.6 Å². The molecule has 1 aliphatic rings. The average Bonchev–Trinajstić information content (AvgIpc) is 2.73. The van der Waals surface area contributed by atoms with E-state index in [1.165, 1.54) is 6.33 Å². The van der Waals surface area contributed by atoms with Crippen LogP contribution in [0.5, 0.6) is 11.6 Å². The molecule has 1 aromatic carbocycles. The molecule has 1 aliphatic heterocycles. The molecule has 2 aromatic heterocycles. The first-order valence-electron chi connectivity index (χ1n) is 9.07. The number of nitrogen functional groups attached to an aromatic ring is 1. The summed E-state index contributed by atoms with van der Waals surface area (Å²) in [5, 5.41) is 10.0. The number of aliphatic hydroxyl groups is 1. The summed E-state index contributed by atoms with van der Waals surface area (Å²) in [5.41, 5.74) is 7.49. The fourth-order valence-corrected chi connectivity index (χ4v) is 3.78. The van der Waals surface area contributed by atoms with Crippen molar-refractivity contribution in [2.24, 2.45) is 0 Å². The second-order valence-electron chi connectivity index (χ2n) is 6.52. The summed E-state index contributed by atoms with van der Waals surface area (Å²) in [6, 6.07) is 7.61. The summed E-state index contributed by atoms with van der Waals surface area (Å²) in [4.78, 5) is 17.4. The van der Waals surface area contributed by atoms with Gasteiger partial charge in [0.05, 0.1) is 6.61 Å². The van der Waals surface area contributed by atoms with Gasteiger partial charge in [-0.1, -0.05) is 22.0 Å². The second-order valence-corrected chi connectivity index (χ2v) is 7.37. The first kappa shape index (κ1) is 18.9. The quantitative estimate of drug-likeness (QED) is 0.617. The van der Waals surface area contributed by atoms with E-state index in [0.29, 0.717) is 29.7 Å². The number of aliphatic hydroxyl groups excluding tert-OH is 1. The normalized spacial score (nSPS) is 15.1. The van der Waals surface area contributed by atoms with Crippen LogP contribution < -0.4 is 15.4 Å². The predicted octanol–water partition coefficient (Wildman–Crippen LogP) is 2.28. The standard InChI is InChI=1S/C19H21BrN6O2/c20-14-3-4-15(17-13(14)2-1-5-22-17)28-19-16(21)18(23-12-24-19)26-8-6-25(7-9-26)10-11-27/h1-5,12,27H,6-11,21H2. The maximum Gasteiger partial charge on any atom is 0.248 e. The van der Waals surface area contributed by atoms with Crippen LogP contribution in [0, 0.1) is 0 Å². The van der Waals surface area contributed by atoms with Crippen LogP contribution in [0.25, 0.3) is 10.9 Å². The highest BCUT2D eigenvalue weighted by atomic mass is 79.9. The molecule has 9 heteroatoms. The van der Waals surface area contributed by atoms with Crippen LogP contribution >= 0.6 is 15.9 Å². The Hall–Kier alpha value is -2.49. The molecule has 0 radical (unpaired) electrons. The number of pyridine rings is 1. The van der Waals surface area contributed by atoms with E-state index in [9.17, 15) is 0 Å². The van der Waals surface area contributed by atoms with Crippen LogP contribution in [0.4, 0.5) is 11.5 Å². The topological polar surface area (TPSA) is 101 Å². The number of rotatable bonds is 5. The monoisotopic (exact) mass is 444 g/mol. The molecule has 1 saturated heterocycles. The number of nitrogens with two attached hydrogens (primary N) is 1. The minimum atomic E-state index is 0.169. The van der Waals surface area contributed by atoms with Crippen molar-refractivity contribution in [2.75, 3.05) is 50.0 Å². The lowest BCUT2D eigenvalue weighted by molar-refractivity contribution is 0.188. The van der Waals surface area contributed by atoms with Gasteiger partial charge in [0.25, 0.3) is 0 Å². The second kappa shape index (κ2) is 8.26. The number of nitrogens with zero attached hydrogens (tertiary/aromatic N) is 5. The fourth-order valence-electron chi connectivity index (χ4n) is 3.33. The van der Waals surface area contributed by atoms with E-state index in [1.807, 2.05) is 24.3 Å². The Morgan fingerprint density at radius 2 is 1.93 bits per heavy atom. The average molecular weight is 445 g/mol. The Morgan fingerprint density at radius 1 is 1.11 bits per heavy atom. The number of aromatic nitrogens is 3. The Morgan fingerprint density at radius 3 is 2.71 bits per heavy atom. The van der Waals surface area contributed by atoms with E-state index in [4.69, 9.17) is 15.6 Å². The highest BCUT2D eigenvalue weighted by Crippen LogP contribution is 2.36. The molecule has 0 saturated carbocycles. The third kappa shape index (κ3) is 3.73. The van der Waals surface area contributed by atoms with Gasteiger partial charge in [0.15, 0.2) is 11.6 Å². The summed E-state index contributed by atoms with van der Waals surface area (Å²) in [6.07, 6.45) is 3.19. The molecule has 0 unspecified atom stereocenters. The largest absolute Gasteiger partial charge is 0.435 e. The van der Waals surface area contributed by atoms with Crippen LogP contribution in [0.3, 0.4) is 0 Å². The number of anilines is 2. The third-order valence-corrected chi connectivity index (χ3v) is 5.49. The van der Waals surface area contributed by atoms with Gasteiger partial charge in [-0.05, 0) is 18.2 Å². The predicted molar refractivity (Wildman–Crippen MR) is 112 cm³/mol. The van der Waals surface area contributed by atoms with E-state index >= 15 is 0 Å². The third-order valence-electron chi connectivity index (χ3n) is 4.80. The maximum atomic E-state index is 9.09. The van der Waals surface area contributed by atoms with Gasteiger partial charge in [-0.15, -0.1) is 0 Å². The summed E-state index contributed by atoms with van der Waals surface area (Å²) >= 11 is 3.54. The molecule has 3 heterocycles. The Bertz CT molecular complexity index is 978. The first-order chi connectivity index (χ1) is 13.7. The molecule has 0 amide bonds. The summed E-state index contributed by atoms with van der Waals surface area (Å²) in [7, 11) is 0. The van der Waals surface area contributed by atoms with Crippen LogP contribution in [-0.2, 0) is 0 Å². The number of ether oxygens (including phenoxy) is 1. The van der Waals surface area contributed by atoms with Gasteiger partial charge in [0, 0.05) is 48.8 Å². The molecule has 0 bridgehead atoms. The number of β-amino-alcohol motifs (C(OH)–C–C–N with tert-alkyl or cyclic N) is 1. The SMILES string of the molecule is Nc1c(Oc2ccc(Br)c3cccnc23)ncnc1N1CCN(CCO)CC1.